The minimum Gasteiger partial charge on any atom is -0.480 e. The van der Waals surface area contributed by atoms with Gasteiger partial charge in [0.1, 0.15) is 11.7 Å². The van der Waals surface area contributed by atoms with Crippen molar-refractivity contribution in [1.82, 2.24) is 15.6 Å². The predicted molar refractivity (Wildman–Crippen MR) is 67.2 cm³/mol. The fourth-order valence-corrected chi connectivity index (χ4v) is 1.31. The Balaban J connectivity index is 2.49. The van der Waals surface area contributed by atoms with Crippen LogP contribution in [0.25, 0.3) is 0 Å². The summed E-state index contributed by atoms with van der Waals surface area (Å²) in [5.41, 5.74) is 0.139. The van der Waals surface area contributed by atoms with Crippen LogP contribution < -0.4 is 10.6 Å². The number of aliphatic carboxylic acids is 1. The van der Waals surface area contributed by atoms with Crippen LogP contribution >= 0.6 is 23.2 Å². The fraction of sp³-hybridized carbons (Fsp3) is 0.200. The summed E-state index contributed by atoms with van der Waals surface area (Å²) in [5, 5.41) is 12.9. The predicted octanol–water partition coefficient (Wildman–Crippen LogP) is 0.319. The van der Waals surface area contributed by atoms with E-state index in [0.29, 0.717) is 0 Å². The summed E-state index contributed by atoms with van der Waals surface area (Å²) in [4.78, 5) is 36.6. The van der Waals surface area contributed by atoms with Crippen LogP contribution in [-0.4, -0.2) is 41.0 Å². The lowest BCUT2D eigenvalue weighted by atomic mass is 10.2. The number of halogens is 2. The highest BCUT2D eigenvalue weighted by Crippen LogP contribution is 2.19. The van der Waals surface area contributed by atoms with Gasteiger partial charge in [-0.05, 0) is 6.07 Å². The van der Waals surface area contributed by atoms with Crippen molar-refractivity contribution < 1.29 is 19.5 Å². The highest BCUT2D eigenvalue weighted by molar-refractivity contribution is 6.41. The maximum absolute atomic E-state index is 11.6. The number of carbonyl (C=O) groups excluding carboxylic acids is 2. The molecule has 0 aliphatic heterocycles. The maximum Gasteiger partial charge on any atom is 0.322 e. The third-order valence-corrected chi connectivity index (χ3v) is 2.59. The van der Waals surface area contributed by atoms with Crippen LogP contribution in [0.1, 0.15) is 10.4 Å². The van der Waals surface area contributed by atoms with Crippen LogP contribution in [0.4, 0.5) is 0 Å². The molecule has 9 heteroatoms. The molecule has 0 radical (unpaired) electrons. The van der Waals surface area contributed by atoms with Crippen LogP contribution in [0.5, 0.6) is 0 Å². The molecule has 1 aromatic rings. The minimum atomic E-state index is -1.17. The van der Waals surface area contributed by atoms with E-state index in [2.05, 4.69) is 15.6 Å². The molecule has 0 atom stereocenters. The third kappa shape index (κ3) is 5.11. The van der Waals surface area contributed by atoms with Gasteiger partial charge in [-0.2, -0.15) is 0 Å². The molecule has 0 spiro atoms. The van der Waals surface area contributed by atoms with Crippen LogP contribution in [-0.2, 0) is 9.59 Å². The number of carbonyl (C=O) groups is 3. The smallest absolute Gasteiger partial charge is 0.322 e. The van der Waals surface area contributed by atoms with Crippen molar-refractivity contribution in [2.24, 2.45) is 0 Å². The van der Waals surface area contributed by atoms with Crippen LogP contribution in [0.3, 0.4) is 0 Å². The molecule has 1 aromatic heterocycles. The Morgan fingerprint density at radius 2 is 1.89 bits per heavy atom. The van der Waals surface area contributed by atoms with E-state index < -0.39 is 24.3 Å². The second-order valence-corrected chi connectivity index (χ2v) is 4.11. The van der Waals surface area contributed by atoms with Crippen molar-refractivity contribution in [3.8, 4) is 0 Å². The number of pyridine rings is 1. The van der Waals surface area contributed by atoms with Crippen LogP contribution in [0.2, 0.25) is 10.2 Å². The number of aromatic nitrogens is 1. The van der Waals surface area contributed by atoms with E-state index in [9.17, 15) is 14.4 Å². The fourth-order valence-electron chi connectivity index (χ4n) is 1.04. The first-order valence-corrected chi connectivity index (χ1v) is 5.73. The summed E-state index contributed by atoms with van der Waals surface area (Å²) >= 11 is 11.3. The number of nitrogens with zero attached hydrogens (tertiary/aromatic N) is 1. The second-order valence-electron chi connectivity index (χ2n) is 3.35. The molecule has 0 aliphatic rings. The molecule has 1 heterocycles. The van der Waals surface area contributed by atoms with E-state index in [4.69, 9.17) is 28.3 Å². The zero-order valence-electron chi connectivity index (χ0n) is 9.44. The highest BCUT2D eigenvalue weighted by atomic mass is 35.5. The Hall–Kier alpha value is -1.86. The SMILES string of the molecule is O=C(O)CNC(=O)CNC(=O)c1cnc(Cl)c(Cl)c1. The van der Waals surface area contributed by atoms with Gasteiger partial charge in [-0.25, -0.2) is 4.98 Å². The van der Waals surface area contributed by atoms with Crippen molar-refractivity contribution in [2.75, 3.05) is 13.1 Å². The number of rotatable bonds is 5. The van der Waals surface area contributed by atoms with Crippen molar-refractivity contribution in [2.45, 2.75) is 0 Å². The highest BCUT2D eigenvalue weighted by Gasteiger charge is 2.11. The van der Waals surface area contributed by atoms with Crippen molar-refractivity contribution in [3.05, 3.63) is 28.0 Å². The van der Waals surface area contributed by atoms with E-state index in [1.807, 2.05) is 0 Å². The van der Waals surface area contributed by atoms with Gasteiger partial charge in [-0.3, -0.25) is 14.4 Å². The number of carboxylic acid groups (broad SMARTS) is 1. The Morgan fingerprint density at radius 3 is 2.47 bits per heavy atom. The van der Waals surface area contributed by atoms with Gasteiger partial charge >= 0.3 is 5.97 Å². The monoisotopic (exact) mass is 305 g/mol. The van der Waals surface area contributed by atoms with Gasteiger partial charge in [0.15, 0.2) is 0 Å². The van der Waals surface area contributed by atoms with Crippen molar-refractivity contribution in [1.29, 1.82) is 0 Å². The molecule has 1 rings (SSSR count). The van der Waals surface area contributed by atoms with Gasteiger partial charge in [0, 0.05) is 6.20 Å². The van der Waals surface area contributed by atoms with Gasteiger partial charge in [-0.15, -0.1) is 0 Å². The molecule has 0 saturated carbocycles. The summed E-state index contributed by atoms with van der Waals surface area (Å²) in [5.74, 6) is -2.37. The lowest BCUT2D eigenvalue weighted by Crippen LogP contribution is -2.39. The van der Waals surface area contributed by atoms with Crippen molar-refractivity contribution in [3.63, 3.8) is 0 Å². The Bertz CT molecular complexity index is 521. The molecule has 0 aliphatic carbocycles. The number of hydrogen-bond acceptors (Lipinski definition) is 4. The van der Waals surface area contributed by atoms with Crippen molar-refractivity contribution >= 4 is 41.0 Å². The van der Waals surface area contributed by atoms with Gasteiger partial charge in [0.2, 0.25) is 5.91 Å². The molecule has 2 amide bonds. The molecule has 19 heavy (non-hydrogen) atoms. The summed E-state index contributed by atoms with van der Waals surface area (Å²) in [6.07, 6.45) is 1.21. The summed E-state index contributed by atoms with van der Waals surface area (Å²) in [6, 6.07) is 1.31. The molecule has 0 bridgehead atoms. The quantitative estimate of drug-likeness (QED) is 0.679. The number of amides is 2. The second kappa shape index (κ2) is 6.91. The Morgan fingerprint density at radius 1 is 1.21 bits per heavy atom. The Kier molecular flexibility index (Phi) is 5.53. The molecule has 3 N–H and O–H groups in total. The number of carboxylic acids is 1. The minimum absolute atomic E-state index is 0.0671. The van der Waals surface area contributed by atoms with E-state index in [0.717, 1.165) is 0 Å². The first kappa shape index (κ1) is 15.2. The van der Waals surface area contributed by atoms with E-state index in [1.165, 1.54) is 12.3 Å². The first-order valence-electron chi connectivity index (χ1n) is 4.98. The van der Waals surface area contributed by atoms with Crippen LogP contribution in [0.15, 0.2) is 12.3 Å². The Labute approximate surface area is 117 Å². The van der Waals surface area contributed by atoms with Gasteiger partial charge in [0.25, 0.3) is 5.91 Å². The molecule has 7 nitrogen and oxygen atoms in total. The lowest BCUT2D eigenvalue weighted by molar-refractivity contribution is -0.137. The topological polar surface area (TPSA) is 108 Å². The standard InChI is InChI=1S/C10H9Cl2N3O4/c11-6-1-5(2-14-9(6)12)10(19)15-3-7(16)13-4-8(17)18/h1-2H,3-4H2,(H,13,16)(H,15,19)(H,17,18). The van der Waals surface area contributed by atoms with E-state index in [1.54, 1.807) is 0 Å². The largest absolute Gasteiger partial charge is 0.480 e. The molecule has 0 saturated heterocycles. The van der Waals surface area contributed by atoms with E-state index >= 15 is 0 Å². The van der Waals surface area contributed by atoms with Gasteiger partial charge in [0.05, 0.1) is 17.1 Å². The maximum atomic E-state index is 11.6. The number of nitrogens with one attached hydrogen (secondary N) is 2. The summed E-state index contributed by atoms with van der Waals surface area (Å²) in [6.45, 7) is -0.866. The van der Waals surface area contributed by atoms with E-state index in [-0.39, 0.29) is 22.3 Å². The molecular formula is C10H9Cl2N3O4. The summed E-state index contributed by atoms with van der Waals surface area (Å²) in [7, 11) is 0. The molecule has 0 fully saturated rings. The lowest BCUT2D eigenvalue weighted by Gasteiger charge is -2.05. The molecule has 102 valence electrons. The normalized spacial score (nSPS) is 9.79. The molecule has 0 unspecified atom stereocenters. The average molecular weight is 306 g/mol. The zero-order chi connectivity index (χ0) is 14.4. The van der Waals surface area contributed by atoms with Gasteiger partial charge < -0.3 is 15.7 Å². The van der Waals surface area contributed by atoms with Gasteiger partial charge in [-0.1, -0.05) is 23.2 Å². The molecular weight excluding hydrogens is 297 g/mol. The van der Waals surface area contributed by atoms with Crippen LogP contribution in [0, 0.1) is 0 Å². The third-order valence-electron chi connectivity index (χ3n) is 1.90. The summed E-state index contributed by atoms with van der Waals surface area (Å²) < 4.78 is 0. The first-order chi connectivity index (χ1) is 8.90. The zero-order valence-corrected chi connectivity index (χ0v) is 11.0. The number of hydrogen-bond donors (Lipinski definition) is 3. The average Bonchev–Trinajstić information content (AvgIpc) is 2.36. The molecule has 0 aromatic carbocycles.